The molecule has 1 aromatic heterocycles. The minimum absolute atomic E-state index is 0.494. The number of para-hydroxylation sites is 1. The Bertz CT molecular complexity index is 1080. The van der Waals surface area contributed by atoms with Crippen molar-refractivity contribution < 1.29 is 9.53 Å². The summed E-state index contributed by atoms with van der Waals surface area (Å²) in [5, 5.41) is 6.36. The summed E-state index contributed by atoms with van der Waals surface area (Å²) >= 11 is 7.52. The van der Waals surface area contributed by atoms with Crippen molar-refractivity contribution in [1.29, 1.82) is 0 Å². The molecule has 28 heavy (non-hydrogen) atoms. The van der Waals surface area contributed by atoms with Crippen molar-refractivity contribution in [3.05, 3.63) is 89.3 Å². The number of hydrogen-bond acceptors (Lipinski definition) is 4. The lowest BCUT2D eigenvalue weighted by atomic mass is 10.1. The summed E-state index contributed by atoms with van der Waals surface area (Å²) in [6.45, 7) is 0. The number of benzene rings is 3. The van der Waals surface area contributed by atoms with Crippen molar-refractivity contribution in [2.24, 2.45) is 0 Å². The molecule has 0 aliphatic heterocycles. The SMILES string of the molecule is O=C(Nc1ccc(-c2csc(-c3ccc(Cl)cc3)n2)cc1)Oc1ccccc1. The van der Waals surface area contributed by atoms with Crippen LogP contribution in [0.5, 0.6) is 5.75 Å². The van der Waals surface area contributed by atoms with Crippen LogP contribution in [-0.4, -0.2) is 11.1 Å². The van der Waals surface area contributed by atoms with Gasteiger partial charge in [-0.2, -0.15) is 0 Å². The molecule has 1 N–H and O–H groups in total. The lowest BCUT2D eigenvalue weighted by molar-refractivity contribution is 0.215. The Hall–Kier alpha value is -3.15. The molecule has 6 heteroatoms. The summed E-state index contributed by atoms with van der Waals surface area (Å²) in [5.74, 6) is 0.494. The smallest absolute Gasteiger partial charge is 0.410 e. The average molecular weight is 407 g/mol. The summed E-state index contributed by atoms with van der Waals surface area (Å²) < 4.78 is 5.22. The van der Waals surface area contributed by atoms with Crippen LogP contribution >= 0.6 is 22.9 Å². The molecular formula is C22H15ClN2O2S. The van der Waals surface area contributed by atoms with Crippen LogP contribution in [0.15, 0.2) is 84.2 Å². The maximum atomic E-state index is 12.0. The Morgan fingerprint density at radius 3 is 2.29 bits per heavy atom. The maximum Gasteiger partial charge on any atom is 0.417 e. The molecule has 0 unspecified atom stereocenters. The van der Waals surface area contributed by atoms with E-state index in [0.29, 0.717) is 16.5 Å². The number of rotatable bonds is 4. The lowest BCUT2D eigenvalue weighted by Gasteiger charge is -2.07. The van der Waals surface area contributed by atoms with Crippen LogP contribution in [0.4, 0.5) is 10.5 Å². The van der Waals surface area contributed by atoms with Crippen LogP contribution in [-0.2, 0) is 0 Å². The van der Waals surface area contributed by atoms with Gasteiger partial charge in [-0.25, -0.2) is 9.78 Å². The monoisotopic (exact) mass is 406 g/mol. The molecule has 0 atom stereocenters. The molecule has 3 aromatic carbocycles. The predicted octanol–water partition coefficient (Wildman–Crippen LogP) is 6.74. The Kier molecular flexibility index (Phi) is 5.37. The van der Waals surface area contributed by atoms with E-state index >= 15 is 0 Å². The van der Waals surface area contributed by atoms with Gasteiger partial charge in [0.1, 0.15) is 10.8 Å². The molecule has 0 saturated heterocycles. The fraction of sp³-hybridized carbons (Fsp3) is 0. The third kappa shape index (κ3) is 4.39. The number of amides is 1. The lowest BCUT2D eigenvalue weighted by Crippen LogP contribution is -2.16. The van der Waals surface area contributed by atoms with Gasteiger partial charge in [-0.15, -0.1) is 11.3 Å². The van der Waals surface area contributed by atoms with Crippen LogP contribution in [0.3, 0.4) is 0 Å². The molecule has 138 valence electrons. The van der Waals surface area contributed by atoms with Crippen LogP contribution in [0, 0.1) is 0 Å². The second-order valence-corrected chi connectivity index (χ2v) is 7.24. The maximum absolute atomic E-state index is 12.0. The van der Waals surface area contributed by atoms with E-state index in [-0.39, 0.29) is 0 Å². The van der Waals surface area contributed by atoms with Gasteiger partial charge in [0.2, 0.25) is 0 Å². The zero-order chi connectivity index (χ0) is 19.3. The number of ether oxygens (including phenoxy) is 1. The standard InChI is InChI=1S/C22H15ClN2O2S/c23-17-10-6-16(7-11-17)21-25-20(14-28-21)15-8-12-18(13-9-15)24-22(26)27-19-4-2-1-3-5-19/h1-14H,(H,24,26). The summed E-state index contributed by atoms with van der Waals surface area (Å²) in [7, 11) is 0. The van der Waals surface area contributed by atoms with Crippen molar-refractivity contribution in [2.75, 3.05) is 5.32 Å². The Morgan fingerprint density at radius 1 is 0.893 bits per heavy atom. The van der Waals surface area contributed by atoms with Gasteiger partial charge in [-0.1, -0.05) is 54.1 Å². The van der Waals surface area contributed by atoms with E-state index in [1.54, 1.807) is 23.5 Å². The Labute approximate surface area is 171 Å². The zero-order valence-electron chi connectivity index (χ0n) is 14.6. The first-order valence-electron chi connectivity index (χ1n) is 8.53. The van der Waals surface area contributed by atoms with Crippen molar-refractivity contribution >= 4 is 34.7 Å². The number of hydrogen-bond donors (Lipinski definition) is 1. The van der Waals surface area contributed by atoms with Gasteiger partial charge < -0.3 is 4.74 Å². The van der Waals surface area contributed by atoms with E-state index in [1.807, 2.05) is 72.1 Å². The molecule has 0 radical (unpaired) electrons. The predicted molar refractivity (Wildman–Crippen MR) is 114 cm³/mol. The molecule has 4 aromatic rings. The molecule has 4 nitrogen and oxygen atoms in total. The number of nitrogens with one attached hydrogen (secondary N) is 1. The molecule has 0 spiro atoms. The van der Waals surface area contributed by atoms with Gasteiger partial charge in [0.25, 0.3) is 0 Å². The topological polar surface area (TPSA) is 51.2 Å². The molecule has 0 aliphatic rings. The molecule has 1 amide bonds. The van der Waals surface area contributed by atoms with Gasteiger partial charge in [0.15, 0.2) is 0 Å². The molecular weight excluding hydrogens is 392 g/mol. The first-order chi connectivity index (χ1) is 13.7. The second-order valence-electron chi connectivity index (χ2n) is 5.95. The van der Waals surface area contributed by atoms with Gasteiger partial charge in [-0.3, -0.25) is 5.32 Å². The van der Waals surface area contributed by atoms with Gasteiger partial charge >= 0.3 is 6.09 Å². The highest BCUT2D eigenvalue weighted by Crippen LogP contribution is 2.30. The molecule has 0 bridgehead atoms. The van der Waals surface area contributed by atoms with E-state index in [2.05, 4.69) is 5.32 Å². The fourth-order valence-corrected chi connectivity index (χ4v) is 3.56. The van der Waals surface area contributed by atoms with Gasteiger partial charge in [0.05, 0.1) is 5.69 Å². The second kappa shape index (κ2) is 8.25. The molecule has 1 heterocycles. The third-order valence-corrected chi connectivity index (χ3v) is 5.12. The highest BCUT2D eigenvalue weighted by atomic mass is 35.5. The first kappa shape index (κ1) is 18.2. The van der Waals surface area contributed by atoms with Crippen molar-refractivity contribution in [3.63, 3.8) is 0 Å². The van der Waals surface area contributed by atoms with E-state index < -0.39 is 6.09 Å². The Balaban J connectivity index is 1.43. The number of nitrogens with zero attached hydrogens (tertiary/aromatic N) is 1. The quantitative estimate of drug-likeness (QED) is 0.408. The summed E-state index contributed by atoms with van der Waals surface area (Å²) in [6, 6.07) is 24.0. The van der Waals surface area contributed by atoms with E-state index in [9.17, 15) is 4.79 Å². The summed E-state index contributed by atoms with van der Waals surface area (Å²) in [6.07, 6.45) is -0.530. The highest BCUT2D eigenvalue weighted by molar-refractivity contribution is 7.13. The average Bonchev–Trinajstić information content (AvgIpc) is 3.20. The molecule has 4 rings (SSSR count). The van der Waals surface area contributed by atoms with E-state index in [1.165, 1.54) is 0 Å². The summed E-state index contributed by atoms with van der Waals surface area (Å²) in [5.41, 5.74) is 3.53. The highest BCUT2D eigenvalue weighted by Gasteiger charge is 2.08. The number of anilines is 1. The minimum Gasteiger partial charge on any atom is -0.410 e. The number of carbonyl (C=O) groups excluding carboxylic acids is 1. The van der Waals surface area contributed by atoms with Crippen molar-refractivity contribution in [3.8, 4) is 27.6 Å². The van der Waals surface area contributed by atoms with Crippen molar-refractivity contribution in [2.45, 2.75) is 0 Å². The van der Waals surface area contributed by atoms with Gasteiger partial charge in [-0.05, 0) is 36.4 Å². The molecule has 0 fully saturated rings. The van der Waals surface area contributed by atoms with E-state index in [0.717, 1.165) is 21.8 Å². The number of halogens is 1. The van der Waals surface area contributed by atoms with Crippen molar-refractivity contribution in [1.82, 2.24) is 4.98 Å². The number of carbonyl (C=O) groups is 1. The normalized spacial score (nSPS) is 10.5. The fourth-order valence-electron chi connectivity index (χ4n) is 2.59. The minimum atomic E-state index is -0.530. The molecule has 0 aliphatic carbocycles. The largest absolute Gasteiger partial charge is 0.417 e. The van der Waals surface area contributed by atoms with Crippen LogP contribution < -0.4 is 10.1 Å². The number of aromatic nitrogens is 1. The van der Waals surface area contributed by atoms with E-state index in [4.69, 9.17) is 21.3 Å². The third-order valence-electron chi connectivity index (χ3n) is 3.98. The summed E-state index contributed by atoms with van der Waals surface area (Å²) in [4.78, 5) is 16.7. The Morgan fingerprint density at radius 2 is 1.57 bits per heavy atom. The van der Waals surface area contributed by atoms with Crippen LogP contribution in [0.2, 0.25) is 5.02 Å². The van der Waals surface area contributed by atoms with Crippen LogP contribution in [0.25, 0.3) is 21.8 Å². The van der Waals surface area contributed by atoms with Crippen LogP contribution in [0.1, 0.15) is 0 Å². The zero-order valence-corrected chi connectivity index (χ0v) is 16.2. The first-order valence-corrected chi connectivity index (χ1v) is 9.79. The van der Waals surface area contributed by atoms with Gasteiger partial charge in [0, 0.05) is 27.2 Å². The number of thiazole rings is 1. The molecule has 0 saturated carbocycles.